The average Bonchev–Trinajstić information content (AvgIpc) is 3.04. The standard InChI is InChI=1S/C17H27N3O2S/c1-5-14-18-11(2)15(23-14)12(3)20(4)16(21)19-13-10-17(13)6-8-22-9-7-17/h12-13H,5-10H2,1-4H3,(H,19,21). The molecule has 5 nitrogen and oxygen atoms in total. The Morgan fingerprint density at radius 1 is 1.52 bits per heavy atom. The van der Waals surface area contributed by atoms with Crippen LogP contribution in [-0.4, -0.2) is 42.2 Å². The molecule has 0 bridgehead atoms. The molecule has 0 aromatic carbocycles. The molecule has 1 aliphatic heterocycles. The van der Waals surface area contributed by atoms with Crippen LogP contribution in [0.2, 0.25) is 0 Å². The Kier molecular flexibility index (Phi) is 4.65. The Labute approximate surface area is 142 Å². The van der Waals surface area contributed by atoms with E-state index in [1.807, 2.05) is 18.9 Å². The van der Waals surface area contributed by atoms with Crippen LogP contribution < -0.4 is 5.32 Å². The second-order valence-electron chi connectivity index (χ2n) is 6.88. The monoisotopic (exact) mass is 337 g/mol. The van der Waals surface area contributed by atoms with Crippen molar-refractivity contribution < 1.29 is 9.53 Å². The average molecular weight is 337 g/mol. The molecule has 23 heavy (non-hydrogen) atoms. The first-order valence-electron chi connectivity index (χ1n) is 8.54. The van der Waals surface area contributed by atoms with Crippen LogP contribution in [0.5, 0.6) is 0 Å². The Bertz CT molecular complexity index is 580. The van der Waals surface area contributed by atoms with Gasteiger partial charge in [0.25, 0.3) is 0 Å². The molecule has 2 atom stereocenters. The van der Waals surface area contributed by atoms with Crippen molar-refractivity contribution in [3.05, 3.63) is 15.6 Å². The number of aryl methyl sites for hydroxylation is 2. The SMILES string of the molecule is CCc1nc(C)c(C(C)N(C)C(=O)NC2CC23CCOCC3)s1. The van der Waals surface area contributed by atoms with Crippen molar-refractivity contribution >= 4 is 17.4 Å². The molecule has 1 N–H and O–H groups in total. The maximum atomic E-state index is 12.6. The quantitative estimate of drug-likeness (QED) is 0.917. The maximum Gasteiger partial charge on any atom is 0.317 e. The lowest BCUT2D eigenvalue weighted by atomic mass is 9.96. The number of urea groups is 1. The fraction of sp³-hybridized carbons (Fsp3) is 0.765. The Morgan fingerprint density at radius 2 is 2.22 bits per heavy atom. The van der Waals surface area contributed by atoms with Gasteiger partial charge in [0.15, 0.2) is 0 Å². The van der Waals surface area contributed by atoms with Crippen LogP contribution in [-0.2, 0) is 11.2 Å². The lowest BCUT2D eigenvalue weighted by molar-refractivity contribution is 0.0544. The van der Waals surface area contributed by atoms with Gasteiger partial charge in [0.05, 0.1) is 16.7 Å². The van der Waals surface area contributed by atoms with Gasteiger partial charge in [0, 0.05) is 31.2 Å². The molecular formula is C17H27N3O2S. The molecule has 2 amide bonds. The first kappa shape index (κ1) is 16.7. The number of nitrogens with one attached hydrogen (secondary N) is 1. The Hall–Kier alpha value is -1.14. The molecule has 2 fully saturated rings. The predicted octanol–water partition coefficient (Wildman–Crippen LogP) is 3.29. The minimum Gasteiger partial charge on any atom is -0.381 e. The Balaban J connectivity index is 1.60. The maximum absolute atomic E-state index is 12.6. The number of carbonyl (C=O) groups excluding carboxylic acids is 1. The van der Waals surface area contributed by atoms with Crippen LogP contribution in [0.15, 0.2) is 0 Å². The molecule has 2 unspecified atom stereocenters. The van der Waals surface area contributed by atoms with E-state index in [0.29, 0.717) is 11.5 Å². The van der Waals surface area contributed by atoms with Gasteiger partial charge in [-0.3, -0.25) is 0 Å². The number of ether oxygens (including phenoxy) is 1. The molecule has 1 saturated heterocycles. The van der Waals surface area contributed by atoms with E-state index in [2.05, 4.69) is 24.1 Å². The van der Waals surface area contributed by atoms with Gasteiger partial charge < -0.3 is 15.0 Å². The minimum atomic E-state index is 0.0247. The van der Waals surface area contributed by atoms with Gasteiger partial charge in [0.2, 0.25) is 0 Å². The van der Waals surface area contributed by atoms with Crippen molar-refractivity contribution in [3.8, 4) is 0 Å². The summed E-state index contributed by atoms with van der Waals surface area (Å²) in [5, 5.41) is 4.36. The van der Waals surface area contributed by atoms with E-state index in [9.17, 15) is 4.79 Å². The molecule has 3 rings (SSSR count). The van der Waals surface area contributed by atoms with Crippen LogP contribution in [0.3, 0.4) is 0 Å². The van der Waals surface area contributed by atoms with Gasteiger partial charge >= 0.3 is 6.03 Å². The van der Waals surface area contributed by atoms with Crippen LogP contribution in [0, 0.1) is 12.3 Å². The number of carbonyl (C=O) groups is 1. The molecule has 1 spiro atoms. The van der Waals surface area contributed by atoms with Crippen LogP contribution in [0.25, 0.3) is 0 Å². The molecule has 2 aliphatic rings. The van der Waals surface area contributed by atoms with Gasteiger partial charge in [-0.2, -0.15) is 0 Å². The van der Waals surface area contributed by atoms with Crippen LogP contribution in [0.4, 0.5) is 4.79 Å². The van der Waals surface area contributed by atoms with E-state index in [4.69, 9.17) is 4.74 Å². The third kappa shape index (κ3) is 3.24. The lowest BCUT2D eigenvalue weighted by Crippen LogP contribution is -2.41. The molecule has 6 heteroatoms. The molecule has 128 valence electrons. The number of amides is 2. The van der Waals surface area contributed by atoms with E-state index < -0.39 is 0 Å². The van der Waals surface area contributed by atoms with Gasteiger partial charge in [-0.05, 0) is 44.9 Å². The zero-order valence-electron chi connectivity index (χ0n) is 14.5. The van der Waals surface area contributed by atoms with Gasteiger partial charge in [-0.15, -0.1) is 11.3 Å². The van der Waals surface area contributed by atoms with Crippen LogP contribution in [0.1, 0.15) is 54.7 Å². The number of rotatable bonds is 4. The fourth-order valence-electron chi connectivity index (χ4n) is 3.49. The van der Waals surface area contributed by atoms with Crippen molar-refractivity contribution in [1.29, 1.82) is 0 Å². The topological polar surface area (TPSA) is 54.5 Å². The highest BCUT2D eigenvalue weighted by molar-refractivity contribution is 7.11. The predicted molar refractivity (Wildman–Crippen MR) is 91.8 cm³/mol. The van der Waals surface area contributed by atoms with E-state index in [1.54, 1.807) is 11.3 Å². The van der Waals surface area contributed by atoms with Crippen molar-refractivity contribution in [2.75, 3.05) is 20.3 Å². The largest absolute Gasteiger partial charge is 0.381 e. The molecule has 1 aromatic heterocycles. The molecule has 1 aliphatic carbocycles. The molecular weight excluding hydrogens is 310 g/mol. The highest BCUT2D eigenvalue weighted by Gasteiger charge is 2.55. The fourth-order valence-corrected chi connectivity index (χ4v) is 4.59. The first-order chi connectivity index (χ1) is 11.0. The van der Waals surface area contributed by atoms with Gasteiger partial charge in [-0.1, -0.05) is 6.92 Å². The smallest absolute Gasteiger partial charge is 0.317 e. The van der Waals surface area contributed by atoms with E-state index in [-0.39, 0.29) is 12.1 Å². The summed E-state index contributed by atoms with van der Waals surface area (Å²) < 4.78 is 5.44. The highest BCUT2D eigenvalue weighted by Crippen LogP contribution is 2.53. The first-order valence-corrected chi connectivity index (χ1v) is 9.36. The summed E-state index contributed by atoms with van der Waals surface area (Å²) >= 11 is 1.72. The number of aromatic nitrogens is 1. The van der Waals surface area contributed by atoms with Crippen molar-refractivity contribution in [2.24, 2.45) is 5.41 Å². The number of hydrogen-bond donors (Lipinski definition) is 1. The van der Waals surface area contributed by atoms with Gasteiger partial charge in [0.1, 0.15) is 0 Å². The normalized spacial score (nSPS) is 23.6. The van der Waals surface area contributed by atoms with E-state index in [1.165, 1.54) is 4.88 Å². The van der Waals surface area contributed by atoms with Gasteiger partial charge in [-0.25, -0.2) is 9.78 Å². The van der Waals surface area contributed by atoms with Crippen molar-refractivity contribution in [3.63, 3.8) is 0 Å². The summed E-state index contributed by atoms with van der Waals surface area (Å²) in [6.07, 6.45) is 4.20. The third-order valence-electron chi connectivity index (χ3n) is 5.44. The van der Waals surface area contributed by atoms with E-state index in [0.717, 1.165) is 49.6 Å². The second kappa shape index (κ2) is 6.40. The zero-order chi connectivity index (χ0) is 16.6. The number of thiazole rings is 1. The summed E-state index contributed by atoms with van der Waals surface area (Å²) in [6.45, 7) is 7.89. The summed E-state index contributed by atoms with van der Waals surface area (Å²) in [4.78, 5) is 20.2. The van der Waals surface area contributed by atoms with Crippen LogP contribution >= 0.6 is 11.3 Å². The molecule has 2 heterocycles. The van der Waals surface area contributed by atoms with Crippen molar-refractivity contribution in [1.82, 2.24) is 15.2 Å². The van der Waals surface area contributed by atoms with Crippen molar-refractivity contribution in [2.45, 2.75) is 58.5 Å². The highest BCUT2D eigenvalue weighted by atomic mass is 32.1. The number of nitrogens with zero attached hydrogens (tertiary/aromatic N) is 2. The third-order valence-corrected chi connectivity index (χ3v) is 6.91. The molecule has 0 radical (unpaired) electrons. The molecule has 1 saturated carbocycles. The zero-order valence-corrected chi connectivity index (χ0v) is 15.3. The van der Waals surface area contributed by atoms with E-state index >= 15 is 0 Å². The summed E-state index contributed by atoms with van der Waals surface area (Å²) in [6, 6.07) is 0.399. The molecule has 1 aromatic rings. The summed E-state index contributed by atoms with van der Waals surface area (Å²) in [7, 11) is 1.88. The lowest BCUT2D eigenvalue weighted by Gasteiger charge is -2.27. The summed E-state index contributed by atoms with van der Waals surface area (Å²) in [5.74, 6) is 0. The minimum absolute atomic E-state index is 0.0247. The Morgan fingerprint density at radius 3 is 2.83 bits per heavy atom. The number of hydrogen-bond acceptors (Lipinski definition) is 4. The second-order valence-corrected chi connectivity index (χ2v) is 7.99. The summed E-state index contributed by atoms with van der Waals surface area (Å²) in [5.41, 5.74) is 1.36.